The first-order chi connectivity index (χ1) is 22.1. The summed E-state index contributed by atoms with van der Waals surface area (Å²) in [5.74, 6) is 0. The maximum atomic E-state index is 4.63. The number of fused-ring (bicyclic) bond motifs is 7. The van der Waals surface area contributed by atoms with E-state index in [1.165, 1.54) is 33.0 Å². The highest BCUT2D eigenvalue weighted by molar-refractivity contribution is 6.11. The summed E-state index contributed by atoms with van der Waals surface area (Å²) in [6, 6.07) is 41.5. The Morgan fingerprint density at radius 1 is 0.578 bits per heavy atom. The Morgan fingerprint density at radius 3 is 2.22 bits per heavy atom. The van der Waals surface area contributed by atoms with Gasteiger partial charge in [-0.2, -0.15) is 0 Å². The Balaban J connectivity index is 1.27. The number of hydrogen-bond donors (Lipinski definition) is 0. The van der Waals surface area contributed by atoms with Gasteiger partial charge < -0.3 is 9.47 Å². The van der Waals surface area contributed by atoms with Crippen molar-refractivity contribution >= 4 is 49.8 Å². The van der Waals surface area contributed by atoms with Gasteiger partial charge >= 0.3 is 0 Å². The van der Waals surface area contributed by atoms with Crippen molar-refractivity contribution in [2.45, 2.75) is 19.3 Å². The van der Waals surface area contributed by atoms with Gasteiger partial charge in [0, 0.05) is 39.1 Å². The third kappa shape index (κ3) is 3.77. The van der Waals surface area contributed by atoms with Crippen LogP contribution in [0.4, 0.5) is 17.1 Å². The Hall–Kier alpha value is -5.81. The summed E-state index contributed by atoms with van der Waals surface area (Å²) in [6.07, 6.45) is 7.21. The molecule has 1 aliphatic carbocycles. The highest BCUT2D eigenvalue weighted by atomic mass is 15.2. The van der Waals surface area contributed by atoms with Crippen LogP contribution in [0.2, 0.25) is 0 Å². The molecule has 45 heavy (non-hydrogen) atoms. The summed E-state index contributed by atoms with van der Waals surface area (Å²) < 4.78 is 2.36. The minimum atomic E-state index is -0.106. The molecule has 0 amide bonds. The van der Waals surface area contributed by atoms with Crippen LogP contribution in [0, 0.1) is 0 Å². The minimum Gasteiger partial charge on any atom is -0.309 e. The molecule has 0 spiro atoms. The molecule has 0 atom stereocenters. The van der Waals surface area contributed by atoms with E-state index in [4.69, 9.17) is 0 Å². The smallest absolute Gasteiger partial charge is 0.115 e. The van der Waals surface area contributed by atoms with Gasteiger partial charge in [-0.25, -0.2) is 9.97 Å². The molecule has 0 radical (unpaired) electrons. The van der Waals surface area contributed by atoms with Crippen LogP contribution in [0.1, 0.15) is 25.0 Å². The van der Waals surface area contributed by atoms with Gasteiger partial charge in [-0.05, 0) is 82.9 Å². The van der Waals surface area contributed by atoms with Crippen molar-refractivity contribution < 1.29 is 0 Å². The van der Waals surface area contributed by atoms with Crippen LogP contribution in [-0.2, 0) is 5.41 Å². The number of pyridine rings is 1. The number of benzene rings is 5. The van der Waals surface area contributed by atoms with E-state index in [1.807, 2.05) is 24.7 Å². The molecule has 1 aliphatic rings. The van der Waals surface area contributed by atoms with Crippen LogP contribution in [0.25, 0.3) is 49.5 Å². The highest BCUT2D eigenvalue weighted by Gasteiger charge is 2.35. The fourth-order valence-electron chi connectivity index (χ4n) is 7.33. The van der Waals surface area contributed by atoms with Crippen LogP contribution < -0.4 is 4.90 Å². The molecule has 5 nitrogen and oxygen atoms in total. The Labute approximate surface area is 261 Å². The lowest BCUT2D eigenvalue weighted by molar-refractivity contribution is 0.660. The molecule has 0 bridgehead atoms. The van der Waals surface area contributed by atoms with Crippen molar-refractivity contribution in [1.29, 1.82) is 0 Å². The number of aromatic nitrogens is 4. The van der Waals surface area contributed by atoms with Gasteiger partial charge in [-0.15, -0.1) is 0 Å². The molecule has 214 valence electrons. The first kappa shape index (κ1) is 25.7. The van der Waals surface area contributed by atoms with E-state index >= 15 is 0 Å². The fraction of sp³-hybridized carbons (Fsp3) is 0.0750. The second-order valence-corrected chi connectivity index (χ2v) is 12.2. The standard InChI is InChI=1S/C40H29N5/c1-40(2)34-12-5-3-9-29(34)30-18-16-27(22-35(30)40)44(28-23-41-25-42-24-28)26-17-19-39-33(21-26)31-10-4-6-14-37(31)45(39)38-15-7-13-36-32(38)11-8-20-43-36/h3-25H,1-2H3. The monoisotopic (exact) mass is 579 g/mol. The van der Waals surface area contributed by atoms with Crippen LogP contribution in [0.3, 0.4) is 0 Å². The van der Waals surface area contributed by atoms with Crippen LogP contribution in [0.5, 0.6) is 0 Å². The zero-order valence-corrected chi connectivity index (χ0v) is 25.0. The average molecular weight is 580 g/mol. The van der Waals surface area contributed by atoms with E-state index in [0.717, 1.165) is 44.7 Å². The SMILES string of the molecule is CC1(C)c2ccccc2-c2ccc(N(c3cncnc3)c3ccc4c(c3)c3ccccc3n4-c3cccc4ncccc34)cc21. The molecule has 3 aromatic heterocycles. The summed E-state index contributed by atoms with van der Waals surface area (Å²) in [7, 11) is 0. The van der Waals surface area contributed by atoms with E-state index in [9.17, 15) is 0 Å². The lowest BCUT2D eigenvalue weighted by Crippen LogP contribution is -2.16. The highest BCUT2D eigenvalue weighted by Crippen LogP contribution is 2.50. The predicted molar refractivity (Wildman–Crippen MR) is 184 cm³/mol. The van der Waals surface area contributed by atoms with E-state index in [0.29, 0.717) is 0 Å². The maximum absolute atomic E-state index is 4.63. The number of anilines is 3. The van der Waals surface area contributed by atoms with Crippen molar-refractivity contribution in [3.8, 4) is 16.8 Å². The van der Waals surface area contributed by atoms with E-state index in [-0.39, 0.29) is 5.41 Å². The third-order valence-electron chi connectivity index (χ3n) is 9.41. The molecule has 0 aliphatic heterocycles. The van der Waals surface area contributed by atoms with Crippen LogP contribution in [0.15, 0.2) is 140 Å². The van der Waals surface area contributed by atoms with Crippen molar-refractivity contribution in [3.63, 3.8) is 0 Å². The molecule has 5 aromatic carbocycles. The van der Waals surface area contributed by atoms with Gasteiger partial charge in [0.1, 0.15) is 6.33 Å². The molecule has 9 rings (SSSR count). The molecule has 0 fully saturated rings. The molecule has 3 heterocycles. The Morgan fingerprint density at radius 2 is 1.31 bits per heavy atom. The number of rotatable bonds is 4. The van der Waals surface area contributed by atoms with Crippen LogP contribution >= 0.6 is 0 Å². The van der Waals surface area contributed by atoms with Gasteiger partial charge in [-0.3, -0.25) is 4.98 Å². The zero-order valence-electron chi connectivity index (χ0n) is 25.0. The normalized spacial score (nSPS) is 13.3. The Kier molecular flexibility index (Phi) is 5.47. The van der Waals surface area contributed by atoms with Gasteiger partial charge in [0.15, 0.2) is 0 Å². The van der Waals surface area contributed by atoms with Gasteiger partial charge in [0.25, 0.3) is 0 Å². The molecule has 0 saturated carbocycles. The number of para-hydroxylation sites is 1. The summed E-state index contributed by atoms with van der Waals surface area (Å²) in [5.41, 5.74) is 12.6. The molecular formula is C40H29N5. The van der Waals surface area contributed by atoms with Crippen molar-refractivity contribution in [1.82, 2.24) is 19.5 Å². The second kappa shape index (κ2) is 9.60. The van der Waals surface area contributed by atoms with E-state index < -0.39 is 0 Å². The fourth-order valence-corrected chi connectivity index (χ4v) is 7.33. The largest absolute Gasteiger partial charge is 0.309 e. The molecule has 0 saturated heterocycles. The van der Waals surface area contributed by atoms with Crippen molar-refractivity contribution in [2.75, 3.05) is 4.90 Å². The topological polar surface area (TPSA) is 46.8 Å². The first-order valence-electron chi connectivity index (χ1n) is 15.3. The lowest BCUT2D eigenvalue weighted by Gasteiger charge is -2.27. The number of hydrogen-bond acceptors (Lipinski definition) is 4. The molecular weight excluding hydrogens is 550 g/mol. The average Bonchev–Trinajstić information content (AvgIpc) is 3.53. The molecule has 0 unspecified atom stereocenters. The lowest BCUT2D eigenvalue weighted by atomic mass is 9.82. The van der Waals surface area contributed by atoms with E-state index in [2.05, 4.69) is 147 Å². The summed E-state index contributed by atoms with van der Waals surface area (Å²) in [4.78, 5) is 15.7. The van der Waals surface area contributed by atoms with Gasteiger partial charge in [-0.1, -0.05) is 68.4 Å². The van der Waals surface area contributed by atoms with Gasteiger partial charge in [0.05, 0.1) is 40.3 Å². The maximum Gasteiger partial charge on any atom is 0.115 e. The second-order valence-electron chi connectivity index (χ2n) is 12.2. The summed E-state index contributed by atoms with van der Waals surface area (Å²) in [5, 5.41) is 3.50. The molecule has 8 aromatic rings. The molecule has 0 N–H and O–H groups in total. The van der Waals surface area contributed by atoms with Gasteiger partial charge in [0.2, 0.25) is 0 Å². The minimum absolute atomic E-state index is 0.106. The summed E-state index contributed by atoms with van der Waals surface area (Å²) >= 11 is 0. The molecule has 5 heteroatoms. The Bertz CT molecular complexity index is 2420. The zero-order chi connectivity index (χ0) is 30.1. The van der Waals surface area contributed by atoms with Crippen molar-refractivity contribution in [3.05, 3.63) is 151 Å². The predicted octanol–water partition coefficient (Wildman–Crippen LogP) is 9.90. The first-order valence-corrected chi connectivity index (χ1v) is 15.3. The number of nitrogens with zero attached hydrogens (tertiary/aromatic N) is 5. The third-order valence-corrected chi connectivity index (χ3v) is 9.41. The van der Waals surface area contributed by atoms with Crippen molar-refractivity contribution in [2.24, 2.45) is 0 Å². The van der Waals surface area contributed by atoms with E-state index in [1.54, 1.807) is 6.33 Å². The van der Waals surface area contributed by atoms with Crippen LogP contribution in [-0.4, -0.2) is 19.5 Å². The quantitative estimate of drug-likeness (QED) is 0.208. The summed E-state index contributed by atoms with van der Waals surface area (Å²) in [6.45, 7) is 4.64.